The molecule has 0 bridgehead atoms. The minimum atomic E-state index is 0.0636. The third-order valence-electron chi connectivity index (χ3n) is 3.99. The van der Waals surface area contributed by atoms with Crippen molar-refractivity contribution in [1.82, 2.24) is 5.32 Å². The zero-order valence-electron chi connectivity index (χ0n) is 12.7. The van der Waals surface area contributed by atoms with Gasteiger partial charge in [0.05, 0.1) is 25.7 Å². The minimum absolute atomic E-state index is 0.0636. The van der Waals surface area contributed by atoms with Gasteiger partial charge >= 0.3 is 0 Å². The van der Waals surface area contributed by atoms with Crippen LogP contribution in [0.2, 0.25) is 0 Å². The summed E-state index contributed by atoms with van der Waals surface area (Å²) >= 11 is 0. The highest BCUT2D eigenvalue weighted by atomic mass is 16.5. The third-order valence-corrected chi connectivity index (χ3v) is 3.99. The van der Waals surface area contributed by atoms with Gasteiger partial charge in [-0.1, -0.05) is 19.9 Å². The van der Waals surface area contributed by atoms with Crippen molar-refractivity contribution in [3.05, 3.63) is 28.8 Å². The van der Waals surface area contributed by atoms with Crippen LogP contribution in [0.15, 0.2) is 12.1 Å². The third kappa shape index (κ3) is 2.77. The zero-order chi connectivity index (χ0) is 14.0. The van der Waals surface area contributed by atoms with E-state index in [-0.39, 0.29) is 5.41 Å². The van der Waals surface area contributed by atoms with Gasteiger partial charge in [0.1, 0.15) is 5.75 Å². The topological polar surface area (TPSA) is 30.5 Å². The summed E-state index contributed by atoms with van der Waals surface area (Å²) in [5.41, 5.74) is 3.92. The average molecular weight is 263 g/mol. The van der Waals surface area contributed by atoms with E-state index in [1.807, 2.05) is 0 Å². The Labute approximate surface area is 116 Å². The van der Waals surface area contributed by atoms with Crippen molar-refractivity contribution < 1.29 is 9.47 Å². The lowest BCUT2D eigenvalue weighted by Gasteiger charge is -2.43. The minimum Gasteiger partial charge on any atom is -0.496 e. The predicted octanol–water partition coefficient (Wildman–Crippen LogP) is 2.58. The first kappa shape index (κ1) is 14.4. The number of hydrogen-bond donors (Lipinski definition) is 1. The number of benzene rings is 1. The molecule has 0 amide bonds. The molecule has 0 spiro atoms. The maximum Gasteiger partial charge on any atom is 0.123 e. The summed E-state index contributed by atoms with van der Waals surface area (Å²) in [6.45, 7) is 11.1. The van der Waals surface area contributed by atoms with Crippen molar-refractivity contribution >= 4 is 0 Å². The van der Waals surface area contributed by atoms with Gasteiger partial charge in [-0.15, -0.1) is 0 Å². The Morgan fingerprint density at radius 3 is 2.37 bits per heavy atom. The molecule has 1 aliphatic rings. The molecule has 19 heavy (non-hydrogen) atoms. The number of aryl methyl sites for hydroxylation is 2. The number of hydrogen-bond acceptors (Lipinski definition) is 3. The van der Waals surface area contributed by atoms with E-state index in [0.717, 1.165) is 25.5 Å². The standard InChI is InChI=1S/C16H25NO2/c1-11(2)17-8-16(9-19-10-16)14-6-12(3)13(4)7-15(14)18-5/h6-7,11,17H,8-10H2,1-5H3. The van der Waals surface area contributed by atoms with Gasteiger partial charge in [0.2, 0.25) is 0 Å². The van der Waals surface area contributed by atoms with Crippen LogP contribution in [-0.4, -0.2) is 32.9 Å². The van der Waals surface area contributed by atoms with Crippen LogP contribution in [0.4, 0.5) is 0 Å². The van der Waals surface area contributed by atoms with Crippen LogP contribution < -0.4 is 10.1 Å². The molecule has 3 heteroatoms. The molecule has 1 aromatic carbocycles. The van der Waals surface area contributed by atoms with Crippen LogP contribution in [0.5, 0.6) is 5.75 Å². The van der Waals surface area contributed by atoms with Crippen molar-refractivity contribution in [3.63, 3.8) is 0 Å². The highest BCUT2D eigenvalue weighted by Gasteiger charge is 2.42. The largest absolute Gasteiger partial charge is 0.496 e. The molecular weight excluding hydrogens is 238 g/mol. The first-order chi connectivity index (χ1) is 8.98. The molecular formula is C16H25NO2. The van der Waals surface area contributed by atoms with Crippen LogP contribution in [0.25, 0.3) is 0 Å². The summed E-state index contributed by atoms with van der Waals surface area (Å²) in [6, 6.07) is 4.88. The average Bonchev–Trinajstić information content (AvgIpc) is 2.31. The summed E-state index contributed by atoms with van der Waals surface area (Å²) < 4.78 is 11.1. The van der Waals surface area contributed by atoms with Gasteiger partial charge in [-0.05, 0) is 31.0 Å². The SMILES string of the molecule is COc1cc(C)c(C)cc1C1(CNC(C)C)COC1. The molecule has 2 rings (SSSR count). The van der Waals surface area contributed by atoms with Crippen molar-refractivity contribution in [1.29, 1.82) is 0 Å². The maximum atomic E-state index is 5.59. The highest BCUT2D eigenvalue weighted by molar-refractivity contribution is 5.47. The summed E-state index contributed by atoms with van der Waals surface area (Å²) in [5.74, 6) is 0.983. The summed E-state index contributed by atoms with van der Waals surface area (Å²) in [6.07, 6.45) is 0. The van der Waals surface area contributed by atoms with Crippen LogP contribution >= 0.6 is 0 Å². The van der Waals surface area contributed by atoms with Crippen LogP contribution in [0.3, 0.4) is 0 Å². The molecule has 1 aromatic rings. The van der Waals surface area contributed by atoms with E-state index in [0.29, 0.717) is 6.04 Å². The lowest BCUT2D eigenvalue weighted by Crippen LogP contribution is -2.54. The highest BCUT2D eigenvalue weighted by Crippen LogP contribution is 2.39. The van der Waals surface area contributed by atoms with Crippen molar-refractivity contribution in [2.75, 3.05) is 26.9 Å². The molecule has 0 aromatic heterocycles. The van der Waals surface area contributed by atoms with Crippen molar-refractivity contribution in [2.24, 2.45) is 0 Å². The van der Waals surface area contributed by atoms with Gasteiger partial charge in [-0.3, -0.25) is 0 Å². The molecule has 0 unspecified atom stereocenters. The molecule has 1 aliphatic heterocycles. The smallest absolute Gasteiger partial charge is 0.123 e. The van der Waals surface area contributed by atoms with E-state index in [4.69, 9.17) is 9.47 Å². The number of methoxy groups -OCH3 is 1. The van der Waals surface area contributed by atoms with Gasteiger partial charge in [0.25, 0.3) is 0 Å². The summed E-state index contributed by atoms with van der Waals surface area (Å²) in [4.78, 5) is 0. The maximum absolute atomic E-state index is 5.59. The van der Waals surface area contributed by atoms with Gasteiger partial charge < -0.3 is 14.8 Å². The number of rotatable bonds is 5. The van der Waals surface area contributed by atoms with Gasteiger partial charge in [-0.25, -0.2) is 0 Å². The van der Waals surface area contributed by atoms with Crippen molar-refractivity contribution in [3.8, 4) is 5.75 Å². The molecule has 3 nitrogen and oxygen atoms in total. The second-order valence-corrected chi connectivity index (χ2v) is 5.95. The Hall–Kier alpha value is -1.06. The lowest BCUT2D eigenvalue weighted by atomic mass is 9.77. The molecule has 0 radical (unpaired) electrons. The van der Waals surface area contributed by atoms with Crippen LogP contribution in [-0.2, 0) is 10.2 Å². The van der Waals surface area contributed by atoms with Gasteiger partial charge in [-0.2, -0.15) is 0 Å². The molecule has 1 heterocycles. The Morgan fingerprint density at radius 2 is 1.89 bits per heavy atom. The number of nitrogens with one attached hydrogen (secondary N) is 1. The first-order valence-corrected chi connectivity index (χ1v) is 6.95. The van der Waals surface area contributed by atoms with E-state index in [2.05, 4.69) is 45.1 Å². The second kappa shape index (κ2) is 5.51. The fraction of sp³-hybridized carbons (Fsp3) is 0.625. The Morgan fingerprint density at radius 1 is 1.26 bits per heavy atom. The summed E-state index contributed by atoms with van der Waals surface area (Å²) in [5, 5.41) is 3.54. The van der Waals surface area contributed by atoms with Gasteiger partial charge in [0, 0.05) is 18.2 Å². The normalized spacial score (nSPS) is 17.4. The van der Waals surface area contributed by atoms with Crippen LogP contribution in [0, 0.1) is 13.8 Å². The second-order valence-electron chi connectivity index (χ2n) is 5.95. The fourth-order valence-electron chi connectivity index (χ4n) is 2.47. The molecule has 1 N–H and O–H groups in total. The van der Waals surface area contributed by atoms with E-state index in [1.54, 1.807) is 7.11 Å². The Bertz CT molecular complexity index is 450. The van der Waals surface area contributed by atoms with E-state index >= 15 is 0 Å². The molecule has 1 saturated heterocycles. The molecule has 0 atom stereocenters. The molecule has 1 fully saturated rings. The van der Waals surface area contributed by atoms with E-state index in [9.17, 15) is 0 Å². The van der Waals surface area contributed by atoms with E-state index in [1.165, 1.54) is 16.7 Å². The van der Waals surface area contributed by atoms with E-state index < -0.39 is 0 Å². The fourth-order valence-corrected chi connectivity index (χ4v) is 2.47. The monoisotopic (exact) mass is 263 g/mol. The van der Waals surface area contributed by atoms with Crippen molar-refractivity contribution in [2.45, 2.75) is 39.2 Å². The predicted molar refractivity (Wildman–Crippen MR) is 78.1 cm³/mol. The van der Waals surface area contributed by atoms with Gasteiger partial charge in [0.15, 0.2) is 0 Å². The van der Waals surface area contributed by atoms with Crippen LogP contribution in [0.1, 0.15) is 30.5 Å². The Kier molecular flexibility index (Phi) is 4.16. The Balaban J connectivity index is 2.34. The lowest BCUT2D eigenvalue weighted by molar-refractivity contribution is -0.0606. The molecule has 0 saturated carbocycles. The number of ether oxygens (including phenoxy) is 2. The first-order valence-electron chi connectivity index (χ1n) is 6.95. The summed E-state index contributed by atoms with van der Waals surface area (Å²) in [7, 11) is 1.75. The quantitative estimate of drug-likeness (QED) is 0.885. The molecule has 0 aliphatic carbocycles. The zero-order valence-corrected chi connectivity index (χ0v) is 12.7. The molecule has 106 valence electrons.